The third-order valence-corrected chi connectivity index (χ3v) is 5.63. The Morgan fingerprint density at radius 3 is 2.70 bits per heavy atom. The number of aromatic amines is 1. The summed E-state index contributed by atoms with van der Waals surface area (Å²) in [5.41, 5.74) is 4.73. The number of hydrogen-bond donors (Lipinski definition) is 1. The van der Waals surface area contributed by atoms with E-state index >= 15 is 0 Å². The van der Waals surface area contributed by atoms with E-state index in [-0.39, 0.29) is 6.10 Å². The number of hydrogen-bond acceptors (Lipinski definition) is 3. The lowest BCUT2D eigenvalue weighted by Crippen LogP contribution is -2.34. The minimum atomic E-state index is 0.105. The molecule has 4 nitrogen and oxygen atoms in total. The van der Waals surface area contributed by atoms with Crippen LogP contribution in [0.1, 0.15) is 42.8 Å². The van der Waals surface area contributed by atoms with Crippen molar-refractivity contribution in [2.24, 2.45) is 5.92 Å². The van der Waals surface area contributed by atoms with Gasteiger partial charge in [-0.05, 0) is 69.0 Å². The molecule has 27 heavy (non-hydrogen) atoms. The van der Waals surface area contributed by atoms with Crippen LogP contribution in [0.15, 0.2) is 48.5 Å². The molecule has 0 amide bonds. The molecule has 0 radical (unpaired) electrons. The molecule has 1 atom stereocenters. The van der Waals surface area contributed by atoms with Crippen LogP contribution in [0.2, 0.25) is 0 Å². The van der Waals surface area contributed by atoms with Crippen molar-refractivity contribution in [3.63, 3.8) is 0 Å². The quantitative estimate of drug-likeness (QED) is 0.680. The molecule has 3 aromatic rings. The van der Waals surface area contributed by atoms with E-state index in [1.54, 1.807) is 0 Å². The van der Waals surface area contributed by atoms with Crippen LogP contribution in [0, 0.1) is 12.8 Å². The van der Waals surface area contributed by atoms with Crippen LogP contribution in [0.3, 0.4) is 0 Å². The molecule has 1 fully saturated rings. The fourth-order valence-electron chi connectivity index (χ4n) is 3.93. The first kappa shape index (κ1) is 18.2. The Morgan fingerprint density at radius 2 is 1.93 bits per heavy atom. The lowest BCUT2D eigenvalue weighted by atomic mass is 9.97. The van der Waals surface area contributed by atoms with Gasteiger partial charge in [0.15, 0.2) is 0 Å². The molecule has 0 bridgehead atoms. The number of likely N-dealkylation sites (tertiary alicyclic amines) is 1. The molecule has 4 rings (SSSR count). The zero-order valence-corrected chi connectivity index (χ0v) is 16.3. The normalized spacial score (nSPS) is 17.4. The van der Waals surface area contributed by atoms with E-state index in [1.807, 2.05) is 6.92 Å². The van der Waals surface area contributed by atoms with Gasteiger partial charge in [0, 0.05) is 6.54 Å². The van der Waals surface area contributed by atoms with Crippen LogP contribution in [-0.4, -0.2) is 34.6 Å². The van der Waals surface area contributed by atoms with Gasteiger partial charge in [-0.2, -0.15) is 0 Å². The number of aromatic nitrogens is 2. The Labute approximate surface area is 161 Å². The van der Waals surface area contributed by atoms with Gasteiger partial charge >= 0.3 is 0 Å². The molecule has 1 aliphatic rings. The SMILES string of the molecule is Cc1nc2cc(C(C)OCC3CCN(Cc4ccccc4)CC3)ccc2[nH]1. The Hall–Kier alpha value is -2.17. The molecular weight excluding hydrogens is 334 g/mol. The van der Waals surface area contributed by atoms with Crippen LogP contribution >= 0.6 is 0 Å². The zero-order valence-electron chi connectivity index (χ0n) is 16.3. The highest BCUT2D eigenvalue weighted by Crippen LogP contribution is 2.25. The Bertz CT molecular complexity index is 866. The first-order valence-corrected chi connectivity index (χ1v) is 10.0. The van der Waals surface area contributed by atoms with Crippen molar-refractivity contribution in [2.45, 2.75) is 39.3 Å². The molecule has 0 spiro atoms. The maximum atomic E-state index is 6.22. The maximum Gasteiger partial charge on any atom is 0.104 e. The zero-order chi connectivity index (χ0) is 18.6. The minimum absolute atomic E-state index is 0.105. The van der Waals surface area contributed by atoms with Gasteiger partial charge in [-0.25, -0.2) is 4.98 Å². The molecule has 1 aromatic heterocycles. The summed E-state index contributed by atoms with van der Waals surface area (Å²) >= 11 is 0. The molecule has 4 heteroatoms. The van der Waals surface area contributed by atoms with Gasteiger partial charge in [0.25, 0.3) is 0 Å². The first-order valence-electron chi connectivity index (χ1n) is 10.0. The average molecular weight is 364 g/mol. The van der Waals surface area contributed by atoms with E-state index in [0.717, 1.165) is 43.1 Å². The molecule has 1 saturated heterocycles. The summed E-state index contributed by atoms with van der Waals surface area (Å²) in [6.07, 6.45) is 2.54. The summed E-state index contributed by atoms with van der Waals surface area (Å²) in [6, 6.07) is 17.2. The molecule has 1 unspecified atom stereocenters. The van der Waals surface area contributed by atoms with E-state index in [4.69, 9.17) is 4.74 Å². The van der Waals surface area contributed by atoms with Crippen molar-refractivity contribution in [3.05, 3.63) is 65.5 Å². The molecule has 142 valence electrons. The van der Waals surface area contributed by atoms with Crippen molar-refractivity contribution < 1.29 is 4.74 Å². The number of ether oxygens (including phenoxy) is 1. The molecule has 0 aliphatic carbocycles. The summed E-state index contributed by atoms with van der Waals surface area (Å²) < 4.78 is 6.22. The second-order valence-electron chi connectivity index (χ2n) is 7.78. The second-order valence-corrected chi connectivity index (χ2v) is 7.78. The van der Waals surface area contributed by atoms with E-state index < -0.39 is 0 Å². The van der Waals surface area contributed by atoms with Crippen molar-refractivity contribution in [3.8, 4) is 0 Å². The second kappa shape index (κ2) is 8.24. The van der Waals surface area contributed by atoms with Crippen LogP contribution in [-0.2, 0) is 11.3 Å². The highest BCUT2D eigenvalue weighted by Gasteiger charge is 2.20. The number of imidazole rings is 1. The van der Waals surface area contributed by atoms with Crippen molar-refractivity contribution in [1.82, 2.24) is 14.9 Å². The van der Waals surface area contributed by atoms with Crippen molar-refractivity contribution >= 4 is 11.0 Å². The van der Waals surface area contributed by atoms with Crippen molar-refractivity contribution in [2.75, 3.05) is 19.7 Å². The van der Waals surface area contributed by atoms with Gasteiger partial charge in [-0.3, -0.25) is 4.90 Å². The largest absolute Gasteiger partial charge is 0.374 e. The van der Waals surface area contributed by atoms with Gasteiger partial charge in [-0.15, -0.1) is 0 Å². The van der Waals surface area contributed by atoms with E-state index in [2.05, 4.69) is 70.3 Å². The van der Waals surface area contributed by atoms with Crippen LogP contribution in [0.4, 0.5) is 0 Å². The molecular formula is C23H29N3O. The van der Waals surface area contributed by atoms with Gasteiger partial charge in [0.2, 0.25) is 0 Å². The number of aryl methyl sites for hydroxylation is 1. The molecule has 1 N–H and O–H groups in total. The third kappa shape index (κ3) is 4.57. The lowest BCUT2D eigenvalue weighted by Gasteiger charge is -2.32. The minimum Gasteiger partial charge on any atom is -0.374 e. The number of fused-ring (bicyclic) bond motifs is 1. The van der Waals surface area contributed by atoms with Crippen LogP contribution < -0.4 is 0 Å². The Balaban J connectivity index is 1.25. The summed E-state index contributed by atoms with van der Waals surface area (Å²) in [4.78, 5) is 10.4. The number of benzene rings is 2. The van der Waals surface area contributed by atoms with E-state index in [1.165, 1.54) is 24.0 Å². The van der Waals surface area contributed by atoms with Crippen LogP contribution in [0.5, 0.6) is 0 Å². The Kier molecular flexibility index (Phi) is 5.55. The predicted molar refractivity (Wildman–Crippen MR) is 110 cm³/mol. The summed E-state index contributed by atoms with van der Waals surface area (Å²) in [7, 11) is 0. The fourth-order valence-corrected chi connectivity index (χ4v) is 3.93. The molecule has 2 heterocycles. The topological polar surface area (TPSA) is 41.1 Å². The lowest BCUT2D eigenvalue weighted by molar-refractivity contribution is 0.0199. The summed E-state index contributed by atoms with van der Waals surface area (Å²) in [6.45, 7) is 8.37. The van der Waals surface area contributed by atoms with Crippen LogP contribution in [0.25, 0.3) is 11.0 Å². The van der Waals surface area contributed by atoms with Gasteiger partial charge in [-0.1, -0.05) is 36.4 Å². The maximum absolute atomic E-state index is 6.22. The number of rotatable bonds is 6. The smallest absolute Gasteiger partial charge is 0.104 e. The number of nitrogens with one attached hydrogen (secondary N) is 1. The highest BCUT2D eigenvalue weighted by atomic mass is 16.5. The molecule has 0 saturated carbocycles. The predicted octanol–water partition coefficient (Wildman–Crippen LogP) is 4.86. The molecule has 1 aliphatic heterocycles. The highest BCUT2D eigenvalue weighted by molar-refractivity contribution is 5.75. The van der Waals surface area contributed by atoms with Gasteiger partial charge in [0.05, 0.1) is 23.7 Å². The standard InChI is InChI=1S/C23H29N3O/c1-17(21-8-9-22-23(14-21)25-18(2)24-22)27-16-20-10-12-26(13-11-20)15-19-6-4-3-5-7-19/h3-9,14,17,20H,10-13,15-16H2,1-2H3,(H,24,25). The summed E-state index contributed by atoms with van der Waals surface area (Å²) in [5.74, 6) is 1.62. The third-order valence-electron chi connectivity index (χ3n) is 5.63. The monoisotopic (exact) mass is 363 g/mol. The number of H-pyrrole nitrogens is 1. The Morgan fingerprint density at radius 1 is 1.15 bits per heavy atom. The van der Waals surface area contributed by atoms with Gasteiger partial charge in [0.1, 0.15) is 5.82 Å². The number of piperidine rings is 1. The van der Waals surface area contributed by atoms with Gasteiger partial charge < -0.3 is 9.72 Å². The molecule has 2 aromatic carbocycles. The first-order chi connectivity index (χ1) is 13.2. The number of nitrogens with zero attached hydrogens (tertiary/aromatic N) is 2. The average Bonchev–Trinajstić information content (AvgIpc) is 3.07. The van der Waals surface area contributed by atoms with Crippen molar-refractivity contribution in [1.29, 1.82) is 0 Å². The fraction of sp³-hybridized carbons (Fsp3) is 0.435. The van der Waals surface area contributed by atoms with E-state index in [9.17, 15) is 0 Å². The summed E-state index contributed by atoms with van der Waals surface area (Å²) in [5, 5.41) is 0. The van der Waals surface area contributed by atoms with E-state index in [0.29, 0.717) is 5.92 Å².